The summed E-state index contributed by atoms with van der Waals surface area (Å²) in [7, 11) is 1.59. The van der Waals surface area contributed by atoms with Gasteiger partial charge in [-0.05, 0) is 62.9 Å². The number of nitrogens with one attached hydrogen (secondary N) is 1. The number of aryl methyl sites for hydroxylation is 1. The molecule has 0 unspecified atom stereocenters. The number of furan rings is 1. The number of halogens is 1. The summed E-state index contributed by atoms with van der Waals surface area (Å²) in [5, 5.41) is 3.90. The molecule has 1 saturated heterocycles. The number of carbonyl (C=O) groups is 2. The number of methoxy groups -OCH3 is 1. The van der Waals surface area contributed by atoms with Crippen LogP contribution >= 0.6 is 0 Å². The largest absolute Gasteiger partial charge is 0.496 e. The van der Waals surface area contributed by atoms with E-state index in [0.29, 0.717) is 43.9 Å². The molecule has 1 N–H and O–H groups in total. The Kier molecular flexibility index (Phi) is 7.62. The van der Waals surface area contributed by atoms with Gasteiger partial charge in [0.25, 0.3) is 0 Å². The van der Waals surface area contributed by atoms with Crippen molar-refractivity contribution in [3.8, 4) is 16.9 Å². The quantitative estimate of drug-likeness (QED) is 0.445. The van der Waals surface area contributed by atoms with Gasteiger partial charge < -0.3 is 24.1 Å². The first-order chi connectivity index (χ1) is 17.3. The van der Waals surface area contributed by atoms with Crippen LogP contribution in [-0.2, 0) is 9.53 Å². The van der Waals surface area contributed by atoms with Gasteiger partial charge >= 0.3 is 6.09 Å². The first-order valence-electron chi connectivity index (χ1n) is 12.1. The highest BCUT2D eigenvalue weighted by Gasteiger charge is 2.24. The van der Waals surface area contributed by atoms with E-state index in [1.807, 2.05) is 19.9 Å². The van der Waals surface area contributed by atoms with E-state index in [2.05, 4.69) is 5.32 Å². The molecule has 0 aliphatic carbocycles. The zero-order valence-corrected chi connectivity index (χ0v) is 21.0. The number of likely N-dealkylation sites (tertiary alicyclic amines) is 1. The number of hydrogen-bond acceptors (Lipinski definition) is 5. The maximum absolute atomic E-state index is 13.4. The number of benzene rings is 2. The number of fused-ring (bicyclic) bond motifs is 1. The molecule has 190 valence electrons. The lowest BCUT2D eigenvalue weighted by molar-refractivity contribution is -0.117. The summed E-state index contributed by atoms with van der Waals surface area (Å²) >= 11 is 0. The first kappa shape index (κ1) is 25.3. The van der Waals surface area contributed by atoms with Gasteiger partial charge in [-0.2, -0.15) is 0 Å². The predicted molar refractivity (Wildman–Crippen MR) is 136 cm³/mol. The third-order valence-corrected chi connectivity index (χ3v) is 6.54. The van der Waals surface area contributed by atoms with E-state index in [4.69, 9.17) is 13.9 Å². The van der Waals surface area contributed by atoms with Crippen LogP contribution in [-0.4, -0.2) is 49.7 Å². The predicted octanol–water partition coefficient (Wildman–Crippen LogP) is 5.70. The van der Waals surface area contributed by atoms with E-state index in [-0.39, 0.29) is 23.9 Å². The van der Waals surface area contributed by atoms with E-state index in [9.17, 15) is 14.0 Å². The maximum atomic E-state index is 13.4. The van der Waals surface area contributed by atoms with Crippen LogP contribution in [0.5, 0.6) is 5.75 Å². The van der Waals surface area contributed by atoms with Crippen LogP contribution in [0.1, 0.15) is 37.8 Å². The van der Waals surface area contributed by atoms with Crippen molar-refractivity contribution in [2.24, 2.45) is 0 Å². The second kappa shape index (κ2) is 10.8. The van der Waals surface area contributed by atoms with Crippen molar-refractivity contribution in [3.05, 3.63) is 59.6 Å². The fourth-order valence-electron chi connectivity index (χ4n) is 4.66. The van der Waals surface area contributed by atoms with Crippen LogP contribution in [0.4, 0.5) is 9.18 Å². The highest BCUT2D eigenvalue weighted by atomic mass is 19.1. The van der Waals surface area contributed by atoms with Crippen LogP contribution in [0.2, 0.25) is 0 Å². The molecule has 1 aliphatic heterocycles. The Morgan fingerprint density at radius 3 is 2.56 bits per heavy atom. The maximum Gasteiger partial charge on any atom is 0.409 e. The van der Waals surface area contributed by atoms with Crippen molar-refractivity contribution >= 4 is 28.5 Å². The van der Waals surface area contributed by atoms with Crippen LogP contribution in [0.15, 0.2) is 47.1 Å². The van der Waals surface area contributed by atoms with Crippen LogP contribution in [0, 0.1) is 12.7 Å². The smallest absolute Gasteiger partial charge is 0.409 e. The van der Waals surface area contributed by atoms with Gasteiger partial charge in [0.1, 0.15) is 17.1 Å². The normalized spacial score (nSPS) is 14.7. The van der Waals surface area contributed by atoms with E-state index in [0.717, 1.165) is 33.2 Å². The zero-order chi connectivity index (χ0) is 25.8. The fraction of sp³-hybridized carbons (Fsp3) is 0.357. The third-order valence-electron chi connectivity index (χ3n) is 6.54. The van der Waals surface area contributed by atoms with Gasteiger partial charge in [0.2, 0.25) is 5.91 Å². The van der Waals surface area contributed by atoms with Gasteiger partial charge in [0, 0.05) is 47.3 Å². The van der Waals surface area contributed by atoms with E-state index >= 15 is 0 Å². The number of amides is 2. The topological polar surface area (TPSA) is 81.0 Å². The van der Waals surface area contributed by atoms with E-state index in [1.165, 1.54) is 12.1 Å². The molecule has 2 heterocycles. The second-order valence-electron chi connectivity index (χ2n) is 8.91. The molecule has 1 aliphatic rings. The zero-order valence-electron chi connectivity index (χ0n) is 21.0. The third kappa shape index (κ3) is 5.22. The lowest BCUT2D eigenvalue weighted by atomic mass is 9.96. The highest BCUT2D eigenvalue weighted by Crippen LogP contribution is 2.40. The molecule has 0 spiro atoms. The van der Waals surface area contributed by atoms with E-state index < -0.39 is 0 Å². The highest BCUT2D eigenvalue weighted by molar-refractivity contribution is 6.01. The molecule has 2 amide bonds. The molecule has 4 rings (SSSR count). The SMILES string of the molecule is CCOC(=O)N1CCC(NC(=O)/C=C(\C)c2cc3c(-c4ccc(F)cc4)coc3c(C)c2OC)CC1. The van der Waals surface area contributed by atoms with Gasteiger partial charge in [-0.25, -0.2) is 9.18 Å². The number of nitrogens with zero attached hydrogens (tertiary/aromatic N) is 1. The number of hydrogen-bond donors (Lipinski definition) is 1. The molecule has 36 heavy (non-hydrogen) atoms. The average Bonchev–Trinajstić information content (AvgIpc) is 3.29. The molecule has 0 radical (unpaired) electrons. The van der Waals surface area contributed by atoms with Crippen molar-refractivity contribution in [3.63, 3.8) is 0 Å². The van der Waals surface area contributed by atoms with Gasteiger partial charge in [0.05, 0.1) is 20.0 Å². The summed E-state index contributed by atoms with van der Waals surface area (Å²) in [6.45, 7) is 6.99. The molecule has 1 fully saturated rings. The Bertz CT molecular complexity index is 1290. The van der Waals surface area contributed by atoms with Crippen molar-refractivity contribution in [1.82, 2.24) is 10.2 Å². The van der Waals surface area contributed by atoms with Gasteiger partial charge in [-0.1, -0.05) is 12.1 Å². The average molecular weight is 495 g/mol. The molecule has 2 aromatic carbocycles. The molecular formula is C28H31FN2O5. The van der Waals surface area contributed by atoms with Gasteiger partial charge in [0.15, 0.2) is 0 Å². The number of piperidine rings is 1. The Balaban J connectivity index is 1.56. The molecule has 1 aromatic heterocycles. The molecule has 0 atom stereocenters. The van der Waals surface area contributed by atoms with Crippen molar-refractivity contribution in [2.45, 2.75) is 39.7 Å². The molecule has 0 saturated carbocycles. The number of rotatable bonds is 6. The molecule has 0 bridgehead atoms. The van der Waals surface area contributed by atoms with Crippen molar-refractivity contribution < 1.29 is 27.9 Å². The molecule has 7 nitrogen and oxygen atoms in total. The van der Waals surface area contributed by atoms with Crippen LogP contribution < -0.4 is 10.1 Å². The lowest BCUT2D eigenvalue weighted by Crippen LogP contribution is -2.46. The summed E-state index contributed by atoms with van der Waals surface area (Å²) in [6, 6.07) is 8.18. The summed E-state index contributed by atoms with van der Waals surface area (Å²) in [6.07, 6.45) is 4.25. The number of allylic oxidation sites excluding steroid dienone is 1. The van der Waals surface area contributed by atoms with Crippen LogP contribution in [0.25, 0.3) is 27.7 Å². The minimum absolute atomic E-state index is 0.0164. The fourth-order valence-corrected chi connectivity index (χ4v) is 4.66. The summed E-state index contributed by atoms with van der Waals surface area (Å²) in [5.74, 6) is 0.126. The van der Waals surface area contributed by atoms with E-state index in [1.54, 1.807) is 43.4 Å². The summed E-state index contributed by atoms with van der Waals surface area (Å²) in [4.78, 5) is 26.4. The van der Waals surface area contributed by atoms with Gasteiger partial charge in [-0.15, -0.1) is 0 Å². The van der Waals surface area contributed by atoms with Crippen LogP contribution in [0.3, 0.4) is 0 Å². The Morgan fingerprint density at radius 1 is 1.22 bits per heavy atom. The second-order valence-corrected chi connectivity index (χ2v) is 8.91. The van der Waals surface area contributed by atoms with Gasteiger partial charge in [-0.3, -0.25) is 4.79 Å². The number of ether oxygens (including phenoxy) is 2. The summed E-state index contributed by atoms with van der Waals surface area (Å²) < 4.78 is 30.0. The summed E-state index contributed by atoms with van der Waals surface area (Å²) in [5.41, 5.74) is 4.68. The Labute approximate surface area is 209 Å². The molecule has 3 aromatic rings. The Morgan fingerprint density at radius 2 is 1.92 bits per heavy atom. The first-order valence-corrected chi connectivity index (χ1v) is 12.1. The minimum Gasteiger partial charge on any atom is -0.496 e. The monoisotopic (exact) mass is 494 g/mol. The Hall–Kier alpha value is -3.81. The van der Waals surface area contributed by atoms with Crippen molar-refractivity contribution in [1.29, 1.82) is 0 Å². The lowest BCUT2D eigenvalue weighted by Gasteiger charge is -2.31. The molecule has 8 heteroatoms. The minimum atomic E-state index is -0.310. The number of carbonyl (C=O) groups excluding carboxylic acids is 2. The standard InChI is InChI=1S/C28H31FN2O5/c1-5-35-28(33)31-12-10-21(11-13-31)30-25(32)14-17(2)22-15-23-24(19-6-8-20(29)9-7-19)16-36-27(23)18(3)26(22)34-4/h6-9,14-16,21H,5,10-13H2,1-4H3,(H,30,32)/b17-14+. The van der Waals surface area contributed by atoms with Crippen molar-refractivity contribution in [2.75, 3.05) is 26.8 Å². The molecular weight excluding hydrogens is 463 g/mol.